The van der Waals surface area contributed by atoms with Crippen molar-refractivity contribution < 1.29 is 19.4 Å². The Balaban J connectivity index is 1.37. The third-order valence-corrected chi connectivity index (χ3v) is 6.15. The number of anilines is 1. The van der Waals surface area contributed by atoms with Gasteiger partial charge in [0.15, 0.2) is 11.2 Å². The second kappa shape index (κ2) is 7.20. The molecule has 2 aliphatic rings. The molecule has 0 unspecified atom stereocenters. The molecule has 1 N–H and O–H groups in total. The van der Waals surface area contributed by atoms with Crippen LogP contribution in [0.4, 0.5) is 5.13 Å². The normalized spacial score (nSPS) is 21.9. The van der Waals surface area contributed by atoms with E-state index in [1.165, 1.54) is 4.70 Å². The summed E-state index contributed by atoms with van der Waals surface area (Å²) in [5.41, 5.74) is 1.01. The van der Waals surface area contributed by atoms with Crippen molar-refractivity contribution in [1.29, 1.82) is 0 Å². The van der Waals surface area contributed by atoms with E-state index < -0.39 is 12.1 Å². The molecular formula is C18H21N3O4S. The predicted octanol–water partition coefficient (Wildman–Crippen LogP) is 1.82. The zero-order chi connectivity index (χ0) is 18.1. The number of aromatic nitrogens is 1. The molecule has 2 saturated heterocycles. The number of hydrogen-bond donors (Lipinski definition) is 1. The maximum Gasteiger partial charge on any atom is 0.334 e. The number of fused-ring (bicyclic) bond motifs is 1. The van der Waals surface area contributed by atoms with Gasteiger partial charge in [-0.25, -0.2) is 9.78 Å². The minimum atomic E-state index is -1.01. The minimum Gasteiger partial charge on any atom is -0.479 e. The maximum atomic E-state index is 12.8. The van der Waals surface area contributed by atoms with Crippen LogP contribution in [0.15, 0.2) is 24.3 Å². The molecular weight excluding hydrogens is 354 g/mol. The Morgan fingerprint density at radius 2 is 1.96 bits per heavy atom. The summed E-state index contributed by atoms with van der Waals surface area (Å²) in [6, 6.07) is 8.10. The molecule has 0 spiro atoms. The number of hydrogen-bond acceptors (Lipinski definition) is 6. The van der Waals surface area contributed by atoms with Gasteiger partial charge < -0.3 is 19.6 Å². The number of carboxylic acids is 1. The molecule has 26 heavy (non-hydrogen) atoms. The van der Waals surface area contributed by atoms with Gasteiger partial charge in [0.05, 0.1) is 23.4 Å². The van der Waals surface area contributed by atoms with E-state index in [1.54, 1.807) is 16.2 Å². The van der Waals surface area contributed by atoms with Gasteiger partial charge in [-0.3, -0.25) is 4.79 Å². The van der Waals surface area contributed by atoms with Crippen LogP contribution < -0.4 is 4.90 Å². The summed E-state index contributed by atoms with van der Waals surface area (Å²) >= 11 is 1.68. The molecule has 1 aromatic heterocycles. The lowest BCUT2D eigenvalue weighted by Gasteiger charge is -2.36. The van der Waals surface area contributed by atoms with E-state index in [2.05, 4.69) is 11.0 Å². The van der Waals surface area contributed by atoms with Crippen LogP contribution in [0.1, 0.15) is 12.8 Å². The molecule has 1 aromatic carbocycles. The second-order valence-corrected chi connectivity index (χ2v) is 7.72. The summed E-state index contributed by atoms with van der Waals surface area (Å²) in [6.45, 7) is 2.49. The zero-order valence-electron chi connectivity index (χ0n) is 14.3. The first-order valence-corrected chi connectivity index (χ1v) is 9.67. The molecule has 0 radical (unpaired) electrons. The number of amides is 1. The van der Waals surface area contributed by atoms with E-state index in [0.717, 1.165) is 36.6 Å². The van der Waals surface area contributed by atoms with Gasteiger partial charge in [0.25, 0.3) is 0 Å². The van der Waals surface area contributed by atoms with E-state index >= 15 is 0 Å². The number of carbonyl (C=O) groups is 2. The van der Waals surface area contributed by atoms with E-state index in [-0.39, 0.29) is 25.0 Å². The Bertz CT molecular complexity index is 783. The Morgan fingerprint density at radius 3 is 2.69 bits per heavy atom. The molecule has 8 heteroatoms. The number of benzene rings is 1. The Hall–Kier alpha value is -2.19. The number of aliphatic carboxylic acids is 1. The number of para-hydroxylation sites is 1. The molecule has 7 nitrogen and oxygen atoms in total. The fraction of sp³-hybridized carbons (Fsp3) is 0.500. The van der Waals surface area contributed by atoms with Crippen LogP contribution >= 0.6 is 11.3 Å². The van der Waals surface area contributed by atoms with Crippen LogP contribution in [0, 0.1) is 5.92 Å². The van der Waals surface area contributed by atoms with Crippen LogP contribution in [-0.2, 0) is 14.3 Å². The molecule has 3 heterocycles. The van der Waals surface area contributed by atoms with Crippen molar-refractivity contribution in [1.82, 2.24) is 9.88 Å². The summed E-state index contributed by atoms with van der Waals surface area (Å²) in [5.74, 6) is -0.996. The zero-order valence-corrected chi connectivity index (χ0v) is 15.2. The molecule has 2 fully saturated rings. The van der Waals surface area contributed by atoms with E-state index in [4.69, 9.17) is 14.8 Å². The molecule has 1 amide bonds. The van der Waals surface area contributed by atoms with Crippen molar-refractivity contribution in [3.05, 3.63) is 24.3 Å². The largest absolute Gasteiger partial charge is 0.479 e. The number of morpholine rings is 1. The van der Waals surface area contributed by atoms with Crippen molar-refractivity contribution in [3.8, 4) is 0 Å². The SMILES string of the molecule is O=C(O)[C@H]1CN(C(=O)C2CCN(c3nc4ccccc4s3)CC2)CCO1. The van der Waals surface area contributed by atoms with Gasteiger partial charge in [0.2, 0.25) is 5.91 Å². The van der Waals surface area contributed by atoms with Crippen molar-refractivity contribution in [3.63, 3.8) is 0 Å². The van der Waals surface area contributed by atoms with Crippen LogP contribution in [0.2, 0.25) is 0 Å². The van der Waals surface area contributed by atoms with Crippen molar-refractivity contribution in [2.24, 2.45) is 5.92 Å². The lowest BCUT2D eigenvalue weighted by molar-refractivity contribution is -0.160. The number of carboxylic acid groups (broad SMARTS) is 1. The molecule has 138 valence electrons. The Labute approximate surface area is 155 Å². The molecule has 2 aromatic rings. The Kier molecular flexibility index (Phi) is 4.78. The number of piperidine rings is 1. The lowest BCUT2D eigenvalue weighted by Crippen LogP contribution is -2.51. The highest BCUT2D eigenvalue weighted by Gasteiger charge is 2.34. The van der Waals surface area contributed by atoms with Crippen LogP contribution in [-0.4, -0.2) is 65.8 Å². The first-order chi connectivity index (χ1) is 12.6. The number of carbonyl (C=O) groups excluding carboxylic acids is 1. The summed E-state index contributed by atoms with van der Waals surface area (Å²) in [4.78, 5) is 32.4. The summed E-state index contributed by atoms with van der Waals surface area (Å²) in [7, 11) is 0. The first-order valence-electron chi connectivity index (χ1n) is 8.85. The van der Waals surface area contributed by atoms with Gasteiger partial charge >= 0.3 is 5.97 Å². The van der Waals surface area contributed by atoms with Gasteiger partial charge in [-0.05, 0) is 25.0 Å². The van der Waals surface area contributed by atoms with Crippen LogP contribution in [0.3, 0.4) is 0 Å². The average molecular weight is 375 g/mol. The highest BCUT2D eigenvalue weighted by molar-refractivity contribution is 7.22. The smallest absolute Gasteiger partial charge is 0.334 e. The highest BCUT2D eigenvalue weighted by atomic mass is 32.1. The highest BCUT2D eigenvalue weighted by Crippen LogP contribution is 2.31. The fourth-order valence-electron chi connectivity index (χ4n) is 3.57. The monoisotopic (exact) mass is 375 g/mol. The third-order valence-electron chi connectivity index (χ3n) is 5.05. The predicted molar refractivity (Wildman–Crippen MR) is 98.5 cm³/mol. The number of rotatable bonds is 3. The standard InChI is InChI=1S/C18H21N3O4S/c22-16(21-9-10-25-14(11-21)17(23)24)12-5-7-20(8-6-12)18-19-13-3-1-2-4-15(13)26-18/h1-4,12,14H,5-11H2,(H,23,24)/t14-/m1/s1. The molecule has 1 atom stereocenters. The Morgan fingerprint density at radius 1 is 1.19 bits per heavy atom. The van der Waals surface area contributed by atoms with Crippen LogP contribution in [0.25, 0.3) is 10.2 Å². The quantitative estimate of drug-likeness (QED) is 0.881. The van der Waals surface area contributed by atoms with E-state index in [0.29, 0.717) is 6.54 Å². The van der Waals surface area contributed by atoms with E-state index in [1.807, 2.05) is 18.2 Å². The molecule has 4 rings (SSSR count). The first kappa shape index (κ1) is 17.2. The van der Waals surface area contributed by atoms with E-state index in [9.17, 15) is 9.59 Å². The average Bonchev–Trinajstić information content (AvgIpc) is 3.12. The van der Waals surface area contributed by atoms with Crippen molar-refractivity contribution in [2.45, 2.75) is 18.9 Å². The lowest BCUT2D eigenvalue weighted by atomic mass is 9.95. The van der Waals surface area contributed by atoms with Crippen molar-refractivity contribution >= 4 is 38.6 Å². The van der Waals surface area contributed by atoms with Crippen LogP contribution in [0.5, 0.6) is 0 Å². The second-order valence-electron chi connectivity index (χ2n) is 6.71. The van der Waals surface area contributed by atoms with Gasteiger partial charge in [-0.15, -0.1) is 0 Å². The summed E-state index contributed by atoms with van der Waals surface area (Å²) in [5, 5.41) is 10.1. The number of nitrogens with zero attached hydrogens (tertiary/aromatic N) is 3. The fourth-order valence-corrected chi connectivity index (χ4v) is 4.59. The molecule has 0 saturated carbocycles. The summed E-state index contributed by atoms with van der Waals surface area (Å²) in [6.07, 6.45) is 0.629. The number of ether oxygens (including phenoxy) is 1. The van der Waals surface area contributed by atoms with Gasteiger partial charge in [-0.2, -0.15) is 0 Å². The molecule has 0 bridgehead atoms. The molecule has 0 aliphatic carbocycles. The van der Waals surface area contributed by atoms with Gasteiger partial charge in [0.1, 0.15) is 0 Å². The minimum absolute atomic E-state index is 0.0480. The topological polar surface area (TPSA) is 83.0 Å². The van der Waals surface area contributed by atoms with Crippen molar-refractivity contribution in [2.75, 3.05) is 37.7 Å². The number of thiazole rings is 1. The summed E-state index contributed by atoms with van der Waals surface area (Å²) < 4.78 is 6.38. The maximum absolute atomic E-state index is 12.8. The van der Waals surface area contributed by atoms with Gasteiger partial charge in [-0.1, -0.05) is 23.5 Å². The third kappa shape index (κ3) is 3.39. The van der Waals surface area contributed by atoms with Gasteiger partial charge in [0, 0.05) is 25.6 Å². The molecule has 2 aliphatic heterocycles.